The Balaban J connectivity index is 1.38. The van der Waals surface area contributed by atoms with Crippen LogP contribution in [0.2, 0.25) is 0 Å². The molecule has 0 spiro atoms. The van der Waals surface area contributed by atoms with E-state index in [0.717, 1.165) is 19.3 Å². The van der Waals surface area contributed by atoms with E-state index >= 15 is 0 Å². The minimum Gasteiger partial charge on any atom is -0.336 e. The highest BCUT2D eigenvalue weighted by Gasteiger charge is 2.31. The van der Waals surface area contributed by atoms with E-state index in [2.05, 4.69) is 27.4 Å². The van der Waals surface area contributed by atoms with E-state index in [1.165, 1.54) is 5.56 Å². The Hall–Kier alpha value is -3.29. The molecule has 0 unspecified atom stereocenters. The van der Waals surface area contributed by atoms with Crippen molar-refractivity contribution < 1.29 is 9.59 Å². The third kappa shape index (κ3) is 4.26. The van der Waals surface area contributed by atoms with Crippen LogP contribution >= 0.6 is 0 Å². The number of aryl methyl sites for hydroxylation is 3. The highest BCUT2D eigenvalue weighted by atomic mass is 16.2. The molecule has 1 amide bonds. The van der Waals surface area contributed by atoms with Crippen LogP contribution in [0.4, 0.5) is 0 Å². The summed E-state index contributed by atoms with van der Waals surface area (Å²) in [6, 6.07) is 10.1. The normalized spacial score (nSPS) is 16.7. The van der Waals surface area contributed by atoms with Gasteiger partial charge in [0, 0.05) is 45.0 Å². The molecule has 8 nitrogen and oxygen atoms in total. The van der Waals surface area contributed by atoms with Gasteiger partial charge in [-0.15, -0.1) is 5.10 Å². The van der Waals surface area contributed by atoms with E-state index < -0.39 is 0 Å². The van der Waals surface area contributed by atoms with Gasteiger partial charge in [0.15, 0.2) is 11.5 Å². The van der Waals surface area contributed by atoms with E-state index in [1.807, 2.05) is 18.2 Å². The molecule has 1 aliphatic rings. The maximum atomic E-state index is 12.9. The van der Waals surface area contributed by atoms with Crippen LogP contribution in [0.25, 0.3) is 0 Å². The van der Waals surface area contributed by atoms with Gasteiger partial charge < -0.3 is 9.47 Å². The number of ketones is 1. The minimum absolute atomic E-state index is 0.0125. The maximum Gasteiger partial charge on any atom is 0.276 e. The summed E-state index contributed by atoms with van der Waals surface area (Å²) in [5.41, 5.74) is 1.53. The lowest BCUT2D eigenvalue weighted by Gasteiger charge is -2.31. The van der Waals surface area contributed by atoms with Crippen molar-refractivity contribution in [3.8, 4) is 0 Å². The molecule has 1 fully saturated rings. The molecule has 29 heavy (non-hydrogen) atoms. The van der Waals surface area contributed by atoms with E-state index in [0.29, 0.717) is 31.2 Å². The van der Waals surface area contributed by atoms with Crippen molar-refractivity contribution in [3.63, 3.8) is 0 Å². The molecule has 3 heterocycles. The number of piperidine rings is 1. The third-order valence-corrected chi connectivity index (χ3v) is 5.35. The van der Waals surface area contributed by atoms with Crippen molar-refractivity contribution in [1.82, 2.24) is 29.4 Å². The second-order valence-electron chi connectivity index (χ2n) is 7.42. The summed E-state index contributed by atoms with van der Waals surface area (Å²) in [6.07, 6.45) is 7.44. The Morgan fingerprint density at radius 3 is 2.79 bits per heavy atom. The number of Topliss-reactive ketones (excluding diaryl/α,β-unsaturated/α-hetero) is 1. The standard InChI is InChI=1S/C21H24N6O2/c1-25-13-10-22-20(25)19(28)17-8-5-11-26(14-17)21(29)18-15-27(24-23-18)12-9-16-6-3-2-4-7-16/h2-4,6-7,10,13,15,17H,5,8-9,11-12,14H2,1H3/t17-/m1/s1. The van der Waals surface area contributed by atoms with Gasteiger partial charge in [-0.05, 0) is 24.8 Å². The first kappa shape index (κ1) is 19.0. The van der Waals surface area contributed by atoms with Crippen LogP contribution in [-0.2, 0) is 20.0 Å². The Labute approximate surface area is 169 Å². The molecule has 0 bridgehead atoms. The van der Waals surface area contributed by atoms with E-state index in [1.54, 1.807) is 39.8 Å². The van der Waals surface area contributed by atoms with Crippen LogP contribution in [0.3, 0.4) is 0 Å². The number of likely N-dealkylation sites (tertiary alicyclic amines) is 1. The van der Waals surface area contributed by atoms with Gasteiger partial charge in [-0.3, -0.25) is 14.3 Å². The van der Waals surface area contributed by atoms with Gasteiger partial charge in [0.25, 0.3) is 5.91 Å². The van der Waals surface area contributed by atoms with Crippen LogP contribution in [0.15, 0.2) is 48.9 Å². The van der Waals surface area contributed by atoms with Crippen molar-refractivity contribution in [2.45, 2.75) is 25.8 Å². The molecule has 150 valence electrons. The number of amides is 1. The van der Waals surface area contributed by atoms with E-state index in [9.17, 15) is 9.59 Å². The topological polar surface area (TPSA) is 85.9 Å². The van der Waals surface area contributed by atoms with Gasteiger partial charge in [0.1, 0.15) is 0 Å². The molecule has 1 saturated heterocycles. The molecule has 0 saturated carbocycles. The molecule has 0 radical (unpaired) electrons. The fourth-order valence-electron chi connectivity index (χ4n) is 3.72. The number of hydrogen-bond acceptors (Lipinski definition) is 5. The largest absolute Gasteiger partial charge is 0.336 e. The Morgan fingerprint density at radius 1 is 1.21 bits per heavy atom. The quantitative estimate of drug-likeness (QED) is 0.599. The van der Waals surface area contributed by atoms with Gasteiger partial charge in [0.05, 0.1) is 6.20 Å². The highest BCUT2D eigenvalue weighted by Crippen LogP contribution is 2.21. The number of carbonyl (C=O) groups is 2. The number of aromatic nitrogens is 5. The second kappa shape index (κ2) is 8.38. The van der Waals surface area contributed by atoms with Crippen LogP contribution in [-0.4, -0.2) is 54.2 Å². The van der Waals surface area contributed by atoms with Gasteiger partial charge in [-0.25, -0.2) is 4.98 Å². The number of imidazole rings is 1. The van der Waals surface area contributed by atoms with Crippen molar-refractivity contribution in [2.75, 3.05) is 13.1 Å². The zero-order valence-electron chi connectivity index (χ0n) is 16.4. The molecule has 1 aromatic carbocycles. The Bertz CT molecular complexity index is 994. The van der Waals surface area contributed by atoms with E-state index in [-0.39, 0.29) is 17.6 Å². The first-order valence-corrected chi connectivity index (χ1v) is 9.86. The first-order valence-electron chi connectivity index (χ1n) is 9.86. The fourth-order valence-corrected chi connectivity index (χ4v) is 3.72. The predicted octanol–water partition coefficient (Wildman–Crippen LogP) is 1.99. The molecular formula is C21H24N6O2. The summed E-state index contributed by atoms with van der Waals surface area (Å²) in [4.78, 5) is 31.5. The smallest absolute Gasteiger partial charge is 0.276 e. The number of carbonyl (C=O) groups excluding carboxylic acids is 2. The summed E-state index contributed by atoms with van der Waals surface area (Å²) in [5.74, 6) is 0.0212. The Kier molecular flexibility index (Phi) is 5.50. The lowest BCUT2D eigenvalue weighted by molar-refractivity contribution is 0.0628. The average molecular weight is 392 g/mol. The summed E-state index contributed by atoms with van der Waals surface area (Å²) in [5, 5.41) is 8.15. The van der Waals surface area contributed by atoms with Gasteiger partial charge in [-0.2, -0.15) is 0 Å². The fraction of sp³-hybridized carbons (Fsp3) is 0.381. The molecule has 0 aliphatic carbocycles. The van der Waals surface area contributed by atoms with Crippen LogP contribution in [0.5, 0.6) is 0 Å². The van der Waals surface area contributed by atoms with Crippen molar-refractivity contribution in [2.24, 2.45) is 13.0 Å². The Morgan fingerprint density at radius 2 is 2.03 bits per heavy atom. The number of hydrogen-bond donors (Lipinski definition) is 0. The molecule has 1 aliphatic heterocycles. The first-order chi connectivity index (χ1) is 14.1. The van der Waals surface area contributed by atoms with Gasteiger partial charge in [0.2, 0.25) is 5.78 Å². The predicted molar refractivity (Wildman–Crippen MR) is 106 cm³/mol. The average Bonchev–Trinajstić information content (AvgIpc) is 3.41. The molecule has 0 N–H and O–H groups in total. The molecular weight excluding hydrogens is 368 g/mol. The number of nitrogens with zero attached hydrogens (tertiary/aromatic N) is 6. The van der Waals surface area contributed by atoms with Crippen LogP contribution < -0.4 is 0 Å². The molecule has 8 heteroatoms. The summed E-state index contributed by atoms with van der Waals surface area (Å²) < 4.78 is 3.42. The summed E-state index contributed by atoms with van der Waals surface area (Å²) in [7, 11) is 1.81. The monoisotopic (exact) mass is 392 g/mol. The third-order valence-electron chi connectivity index (χ3n) is 5.35. The number of benzene rings is 1. The second-order valence-corrected chi connectivity index (χ2v) is 7.42. The molecule has 4 rings (SSSR count). The van der Waals surface area contributed by atoms with Crippen molar-refractivity contribution >= 4 is 11.7 Å². The zero-order chi connectivity index (χ0) is 20.2. The van der Waals surface area contributed by atoms with Gasteiger partial charge >= 0.3 is 0 Å². The summed E-state index contributed by atoms with van der Waals surface area (Å²) >= 11 is 0. The van der Waals surface area contributed by atoms with E-state index in [4.69, 9.17) is 0 Å². The number of rotatable bonds is 6. The van der Waals surface area contributed by atoms with Crippen molar-refractivity contribution in [1.29, 1.82) is 0 Å². The SMILES string of the molecule is Cn1ccnc1C(=O)[C@@H]1CCCN(C(=O)c2cn(CCc3ccccc3)nn2)C1. The molecule has 3 aromatic rings. The highest BCUT2D eigenvalue weighted by molar-refractivity contribution is 5.96. The zero-order valence-corrected chi connectivity index (χ0v) is 16.4. The van der Waals surface area contributed by atoms with Crippen LogP contribution in [0.1, 0.15) is 39.5 Å². The lowest BCUT2D eigenvalue weighted by Crippen LogP contribution is -2.42. The maximum absolute atomic E-state index is 12.9. The molecule has 1 atom stereocenters. The molecule has 2 aromatic heterocycles. The minimum atomic E-state index is -0.234. The van der Waals surface area contributed by atoms with Crippen molar-refractivity contribution in [3.05, 3.63) is 66.0 Å². The van der Waals surface area contributed by atoms with Crippen LogP contribution in [0, 0.1) is 5.92 Å². The lowest BCUT2D eigenvalue weighted by atomic mass is 9.93. The summed E-state index contributed by atoms with van der Waals surface area (Å²) in [6.45, 7) is 1.67. The van der Waals surface area contributed by atoms with Gasteiger partial charge in [-0.1, -0.05) is 35.5 Å².